The van der Waals surface area contributed by atoms with Crippen molar-refractivity contribution >= 4 is 29.1 Å². The highest BCUT2D eigenvalue weighted by Gasteiger charge is 2.26. The summed E-state index contributed by atoms with van der Waals surface area (Å²) in [6.45, 7) is 8.26. The molecule has 5 heteroatoms. The van der Waals surface area contributed by atoms with Gasteiger partial charge in [-0.1, -0.05) is 13.8 Å². The van der Waals surface area contributed by atoms with Gasteiger partial charge in [-0.05, 0) is 62.4 Å². The monoisotopic (exact) mass is 370 g/mol. The Balaban J connectivity index is 1.79. The van der Waals surface area contributed by atoms with Gasteiger partial charge in [-0.25, -0.2) is 0 Å². The van der Waals surface area contributed by atoms with Crippen LogP contribution in [-0.4, -0.2) is 21.9 Å². The predicted molar refractivity (Wildman–Crippen MR) is 108 cm³/mol. The van der Waals surface area contributed by atoms with Gasteiger partial charge in [0.15, 0.2) is 5.78 Å². The summed E-state index contributed by atoms with van der Waals surface area (Å²) in [5.41, 5.74) is 4.74. The first kappa shape index (κ1) is 18.8. The summed E-state index contributed by atoms with van der Waals surface area (Å²) in [5.74, 6) is -0.0446. The molecule has 0 radical (unpaired) electrons. The maximum absolute atomic E-state index is 12.8. The number of amides is 1. The third-order valence-corrected chi connectivity index (χ3v) is 6.28. The third kappa shape index (κ3) is 3.73. The van der Waals surface area contributed by atoms with Crippen LogP contribution in [0, 0.1) is 13.8 Å². The van der Waals surface area contributed by atoms with Crippen molar-refractivity contribution in [2.24, 2.45) is 0 Å². The molecule has 1 aromatic carbocycles. The van der Waals surface area contributed by atoms with E-state index in [1.54, 1.807) is 0 Å². The summed E-state index contributed by atoms with van der Waals surface area (Å²) < 4.78 is 0. The number of H-pyrrole nitrogens is 1. The molecule has 2 N–H and O–H groups in total. The highest BCUT2D eigenvalue weighted by Crippen LogP contribution is 2.30. The maximum atomic E-state index is 12.8. The Kier molecular flexibility index (Phi) is 5.56. The Bertz CT molecular complexity index is 854. The number of hydrogen-bond donors (Lipinski definition) is 2. The number of benzene rings is 1. The van der Waals surface area contributed by atoms with Gasteiger partial charge in [0.2, 0.25) is 0 Å². The summed E-state index contributed by atoms with van der Waals surface area (Å²) in [6, 6.07) is 6.12. The minimum atomic E-state index is -0.185. The van der Waals surface area contributed by atoms with Gasteiger partial charge < -0.3 is 10.3 Å². The molecule has 1 aliphatic rings. The zero-order chi connectivity index (χ0) is 18.8. The van der Waals surface area contributed by atoms with Crippen molar-refractivity contribution in [1.29, 1.82) is 0 Å². The van der Waals surface area contributed by atoms with Gasteiger partial charge in [0.05, 0.1) is 0 Å². The van der Waals surface area contributed by atoms with Crippen molar-refractivity contribution < 1.29 is 9.59 Å². The van der Waals surface area contributed by atoms with Gasteiger partial charge in [-0.3, -0.25) is 9.59 Å². The summed E-state index contributed by atoms with van der Waals surface area (Å²) in [6.07, 6.45) is 3.37. The smallest absolute Gasteiger partial charge is 0.272 e. The average molecular weight is 371 g/mol. The predicted octanol–water partition coefficient (Wildman–Crippen LogP) is 5.29. The Morgan fingerprint density at radius 1 is 1.31 bits per heavy atom. The Hall–Kier alpha value is -2.01. The van der Waals surface area contributed by atoms with Crippen molar-refractivity contribution in [2.75, 3.05) is 5.32 Å². The Morgan fingerprint density at radius 3 is 2.73 bits per heavy atom. The van der Waals surface area contributed by atoms with Gasteiger partial charge in [0, 0.05) is 33.5 Å². The van der Waals surface area contributed by atoms with E-state index in [-0.39, 0.29) is 11.7 Å². The van der Waals surface area contributed by atoms with Crippen molar-refractivity contribution in [3.05, 3.63) is 46.3 Å². The molecular formula is C21H26N2O2S. The molecule has 0 bridgehead atoms. The number of ketones is 1. The number of fused-ring (bicyclic) bond motifs is 1. The van der Waals surface area contributed by atoms with Gasteiger partial charge in [0.25, 0.3) is 5.91 Å². The van der Waals surface area contributed by atoms with Crippen LogP contribution in [-0.2, 0) is 6.42 Å². The van der Waals surface area contributed by atoms with Crippen LogP contribution in [0.2, 0.25) is 0 Å². The number of Topliss-reactive ketones (excluding diaryl/α,β-unsaturated/α-hetero) is 1. The highest BCUT2D eigenvalue weighted by atomic mass is 32.2. The van der Waals surface area contributed by atoms with Crippen LogP contribution in [0.25, 0.3) is 0 Å². The van der Waals surface area contributed by atoms with E-state index in [4.69, 9.17) is 0 Å². The number of anilines is 1. The first-order valence-corrected chi connectivity index (χ1v) is 10.1. The number of rotatable bonds is 5. The summed E-state index contributed by atoms with van der Waals surface area (Å²) in [5, 5.41) is 3.56. The highest BCUT2D eigenvalue weighted by molar-refractivity contribution is 7.99. The minimum absolute atomic E-state index is 0.140. The normalized spacial score (nSPS) is 14.8. The minimum Gasteiger partial charge on any atom is -0.354 e. The number of thioether (sulfide) groups is 1. The lowest BCUT2D eigenvalue weighted by molar-refractivity contribution is 0.0971. The van der Waals surface area contributed by atoms with E-state index >= 15 is 0 Å². The maximum Gasteiger partial charge on any atom is 0.272 e. The second-order valence-corrected chi connectivity index (χ2v) is 8.53. The number of aryl methyl sites for hydroxylation is 2. The van der Waals surface area contributed by atoms with E-state index in [1.807, 2.05) is 31.7 Å². The van der Waals surface area contributed by atoms with Crippen LogP contribution < -0.4 is 5.32 Å². The van der Waals surface area contributed by atoms with Crippen molar-refractivity contribution in [1.82, 2.24) is 4.98 Å². The third-order valence-electron chi connectivity index (χ3n) is 5.02. The van der Waals surface area contributed by atoms with Crippen molar-refractivity contribution in [3.63, 3.8) is 0 Å². The Labute approximate surface area is 159 Å². The molecular weight excluding hydrogens is 344 g/mol. The topological polar surface area (TPSA) is 62.0 Å². The van der Waals surface area contributed by atoms with E-state index in [0.717, 1.165) is 47.3 Å². The standard InChI is InChI=1S/C21H26N2O2S/c1-5-13(3)26-15-9-10-16(12(2)11-15)23-21(25)20-14(4)19-17(22-20)7-6-8-18(19)24/h9-11,13,22H,5-8H2,1-4H3,(H,23,25). The number of hydrogen-bond acceptors (Lipinski definition) is 3. The number of aromatic nitrogens is 1. The molecule has 0 spiro atoms. The molecule has 26 heavy (non-hydrogen) atoms. The van der Waals surface area contributed by atoms with Crippen LogP contribution in [0.5, 0.6) is 0 Å². The van der Waals surface area contributed by atoms with Crippen LogP contribution in [0.3, 0.4) is 0 Å². The zero-order valence-corrected chi connectivity index (χ0v) is 16.7. The average Bonchev–Trinajstić information content (AvgIpc) is 2.95. The van der Waals surface area contributed by atoms with E-state index in [0.29, 0.717) is 17.4 Å². The molecule has 1 atom stereocenters. The first-order valence-electron chi connectivity index (χ1n) is 9.24. The summed E-state index contributed by atoms with van der Waals surface area (Å²) in [4.78, 5) is 29.3. The molecule has 4 nitrogen and oxygen atoms in total. The fourth-order valence-electron chi connectivity index (χ4n) is 3.35. The van der Waals surface area contributed by atoms with Gasteiger partial charge in [-0.15, -0.1) is 11.8 Å². The molecule has 1 amide bonds. The number of carbonyl (C=O) groups excluding carboxylic acids is 2. The van der Waals surface area contributed by atoms with Crippen LogP contribution in [0.15, 0.2) is 23.1 Å². The quantitative estimate of drug-likeness (QED) is 0.703. The molecule has 0 aliphatic heterocycles. The fraction of sp³-hybridized carbons (Fsp3) is 0.429. The van der Waals surface area contributed by atoms with E-state index in [1.165, 1.54) is 4.90 Å². The van der Waals surface area contributed by atoms with Crippen LogP contribution in [0.1, 0.15) is 70.8 Å². The molecule has 2 aromatic rings. The van der Waals surface area contributed by atoms with Gasteiger partial charge in [-0.2, -0.15) is 0 Å². The second kappa shape index (κ2) is 7.70. The summed E-state index contributed by atoms with van der Waals surface area (Å²) >= 11 is 1.85. The molecule has 138 valence electrons. The number of nitrogens with one attached hydrogen (secondary N) is 2. The van der Waals surface area contributed by atoms with Gasteiger partial charge in [0.1, 0.15) is 5.69 Å². The van der Waals surface area contributed by atoms with E-state index in [2.05, 4.69) is 36.3 Å². The van der Waals surface area contributed by atoms with E-state index < -0.39 is 0 Å². The number of aromatic amines is 1. The van der Waals surface area contributed by atoms with Crippen molar-refractivity contribution in [2.45, 2.75) is 63.5 Å². The molecule has 0 saturated carbocycles. The lowest BCUT2D eigenvalue weighted by Gasteiger charge is -2.12. The van der Waals surface area contributed by atoms with Crippen LogP contribution >= 0.6 is 11.8 Å². The molecule has 1 unspecified atom stereocenters. The molecule has 3 rings (SSSR count). The Morgan fingerprint density at radius 2 is 2.08 bits per heavy atom. The number of carbonyl (C=O) groups is 2. The molecule has 0 saturated heterocycles. The summed E-state index contributed by atoms with van der Waals surface area (Å²) in [7, 11) is 0. The largest absolute Gasteiger partial charge is 0.354 e. The van der Waals surface area contributed by atoms with Crippen LogP contribution in [0.4, 0.5) is 5.69 Å². The fourth-order valence-corrected chi connectivity index (χ4v) is 4.37. The lowest BCUT2D eigenvalue weighted by Crippen LogP contribution is -2.14. The van der Waals surface area contributed by atoms with Gasteiger partial charge >= 0.3 is 0 Å². The molecule has 1 heterocycles. The zero-order valence-electron chi connectivity index (χ0n) is 15.9. The van der Waals surface area contributed by atoms with E-state index in [9.17, 15) is 9.59 Å². The SMILES string of the molecule is CCC(C)Sc1ccc(NC(=O)c2[nH]c3c(c2C)C(=O)CCC3)c(C)c1. The molecule has 1 aromatic heterocycles. The van der Waals surface area contributed by atoms with Crippen molar-refractivity contribution in [3.8, 4) is 0 Å². The molecule has 0 fully saturated rings. The lowest BCUT2D eigenvalue weighted by atomic mass is 9.94. The molecule has 1 aliphatic carbocycles. The second-order valence-electron chi connectivity index (χ2n) is 7.02. The first-order chi connectivity index (χ1) is 12.4.